The van der Waals surface area contributed by atoms with E-state index in [1.54, 1.807) is 0 Å². The molecule has 0 aliphatic carbocycles. The van der Waals surface area contributed by atoms with Crippen LogP contribution in [0, 0.1) is 13.8 Å². The highest BCUT2D eigenvalue weighted by atomic mass is 79.9. The predicted molar refractivity (Wildman–Crippen MR) is 73.5 cm³/mol. The van der Waals surface area contributed by atoms with E-state index in [-0.39, 0.29) is 5.41 Å². The van der Waals surface area contributed by atoms with Crippen LogP contribution >= 0.6 is 15.9 Å². The summed E-state index contributed by atoms with van der Waals surface area (Å²) in [5, 5.41) is 11.1. The summed E-state index contributed by atoms with van der Waals surface area (Å²) < 4.78 is 0. The standard InChI is InChI=1S/C14H21BrO/c1-6-14(4,5)12-7-9(2)11(8-15)10(3)13(12)16/h7,16H,6,8H2,1-5H3. The molecule has 90 valence electrons. The van der Waals surface area contributed by atoms with Gasteiger partial charge in [-0.05, 0) is 42.4 Å². The van der Waals surface area contributed by atoms with Crippen LogP contribution in [0.2, 0.25) is 0 Å². The maximum atomic E-state index is 10.3. The first-order valence-corrected chi connectivity index (χ1v) is 6.85. The largest absolute Gasteiger partial charge is 0.507 e. The molecule has 1 N–H and O–H groups in total. The van der Waals surface area contributed by atoms with Crippen molar-refractivity contribution in [1.29, 1.82) is 0 Å². The minimum absolute atomic E-state index is 0.0322. The molecular formula is C14H21BrO. The molecule has 0 aliphatic rings. The molecule has 1 aromatic rings. The number of alkyl halides is 1. The van der Waals surface area contributed by atoms with Gasteiger partial charge in [0.05, 0.1) is 0 Å². The van der Waals surface area contributed by atoms with E-state index in [0.29, 0.717) is 5.75 Å². The number of halogens is 1. The van der Waals surface area contributed by atoms with E-state index in [0.717, 1.165) is 22.9 Å². The summed E-state index contributed by atoms with van der Waals surface area (Å²) in [7, 11) is 0. The zero-order chi connectivity index (χ0) is 12.5. The molecule has 0 saturated carbocycles. The van der Waals surface area contributed by atoms with Gasteiger partial charge in [-0.2, -0.15) is 0 Å². The van der Waals surface area contributed by atoms with E-state index in [1.807, 2.05) is 6.92 Å². The third-order valence-corrected chi connectivity index (χ3v) is 4.21. The van der Waals surface area contributed by atoms with Crippen molar-refractivity contribution in [2.75, 3.05) is 0 Å². The van der Waals surface area contributed by atoms with Gasteiger partial charge >= 0.3 is 0 Å². The molecule has 1 rings (SSSR count). The van der Waals surface area contributed by atoms with Gasteiger partial charge in [0.1, 0.15) is 5.75 Å². The highest BCUT2D eigenvalue weighted by Crippen LogP contribution is 2.38. The van der Waals surface area contributed by atoms with Crippen molar-refractivity contribution >= 4 is 15.9 Å². The van der Waals surface area contributed by atoms with Crippen LogP contribution in [0.1, 0.15) is 49.4 Å². The zero-order valence-corrected chi connectivity index (χ0v) is 12.4. The summed E-state index contributed by atoms with van der Waals surface area (Å²) >= 11 is 3.47. The predicted octanol–water partition coefficient (Wildman–Crippen LogP) is 4.59. The SMILES string of the molecule is CCC(C)(C)c1cc(C)c(CBr)c(C)c1O. The van der Waals surface area contributed by atoms with Crippen LogP contribution in [-0.4, -0.2) is 5.11 Å². The van der Waals surface area contributed by atoms with Gasteiger partial charge in [-0.3, -0.25) is 0 Å². The average Bonchev–Trinajstić information content (AvgIpc) is 2.24. The lowest BCUT2D eigenvalue weighted by atomic mass is 9.79. The first-order valence-electron chi connectivity index (χ1n) is 5.73. The van der Waals surface area contributed by atoms with E-state index in [9.17, 15) is 5.11 Å². The Labute approximate surface area is 107 Å². The third kappa shape index (κ3) is 2.27. The Bertz CT molecular complexity index is 394. The number of phenols is 1. The fourth-order valence-corrected chi connectivity index (χ4v) is 2.79. The van der Waals surface area contributed by atoms with E-state index in [4.69, 9.17) is 0 Å². The summed E-state index contributed by atoms with van der Waals surface area (Å²) in [5.41, 5.74) is 4.56. The number of benzene rings is 1. The van der Waals surface area contributed by atoms with Crippen molar-refractivity contribution in [1.82, 2.24) is 0 Å². The minimum atomic E-state index is 0.0322. The monoisotopic (exact) mass is 284 g/mol. The van der Waals surface area contributed by atoms with E-state index in [2.05, 4.69) is 49.7 Å². The van der Waals surface area contributed by atoms with Crippen LogP contribution in [0.25, 0.3) is 0 Å². The van der Waals surface area contributed by atoms with Gasteiger partial charge in [-0.1, -0.05) is 42.8 Å². The van der Waals surface area contributed by atoms with Crippen LogP contribution in [0.4, 0.5) is 0 Å². The summed E-state index contributed by atoms with van der Waals surface area (Å²) in [4.78, 5) is 0. The lowest BCUT2D eigenvalue weighted by molar-refractivity contribution is 0.424. The molecule has 0 aliphatic heterocycles. The van der Waals surface area contributed by atoms with Gasteiger partial charge in [0, 0.05) is 10.9 Å². The van der Waals surface area contributed by atoms with Gasteiger partial charge in [-0.25, -0.2) is 0 Å². The molecule has 2 heteroatoms. The van der Waals surface area contributed by atoms with Crippen LogP contribution in [-0.2, 0) is 10.7 Å². The third-order valence-electron chi connectivity index (χ3n) is 3.65. The smallest absolute Gasteiger partial charge is 0.122 e. The lowest BCUT2D eigenvalue weighted by Gasteiger charge is -2.27. The van der Waals surface area contributed by atoms with Crippen molar-refractivity contribution in [3.63, 3.8) is 0 Å². The van der Waals surface area contributed by atoms with Crippen molar-refractivity contribution in [3.05, 3.63) is 28.3 Å². The molecule has 0 spiro atoms. The highest BCUT2D eigenvalue weighted by Gasteiger charge is 2.24. The second-order valence-electron chi connectivity index (χ2n) is 5.06. The number of aromatic hydroxyl groups is 1. The Hall–Kier alpha value is -0.500. The molecule has 0 radical (unpaired) electrons. The van der Waals surface area contributed by atoms with Crippen molar-refractivity contribution in [2.24, 2.45) is 0 Å². The first kappa shape index (κ1) is 13.6. The topological polar surface area (TPSA) is 20.2 Å². The molecule has 16 heavy (non-hydrogen) atoms. The molecule has 0 amide bonds. The Balaban J connectivity index is 3.45. The number of aryl methyl sites for hydroxylation is 1. The number of hydrogen-bond donors (Lipinski definition) is 1. The molecule has 0 bridgehead atoms. The molecule has 0 aromatic heterocycles. The highest BCUT2D eigenvalue weighted by molar-refractivity contribution is 9.08. The van der Waals surface area contributed by atoms with E-state index in [1.165, 1.54) is 11.1 Å². The Kier molecular flexibility index (Phi) is 4.06. The summed E-state index contributed by atoms with van der Waals surface area (Å²) in [6.07, 6.45) is 1.02. The fraction of sp³-hybridized carbons (Fsp3) is 0.571. The summed E-state index contributed by atoms with van der Waals surface area (Å²) in [6, 6.07) is 2.13. The van der Waals surface area contributed by atoms with Gasteiger partial charge in [0.25, 0.3) is 0 Å². The van der Waals surface area contributed by atoms with E-state index < -0.39 is 0 Å². The normalized spacial score (nSPS) is 11.9. The molecule has 0 saturated heterocycles. The van der Waals surface area contributed by atoms with Crippen LogP contribution in [0.5, 0.6) is 5.75 Å². The number of hydrogen-bond acceptors (Lipinski definition) is 1. The molecule has 1 aromatic carbocycles. The van der Waals surface area contributed by atoms with Crippen molar-refractivity contribution < 1.29 is 5.11 Å². The molecule has 0 heterocycles. The number of rotatable bonds is 3. The van der Waals surface area contributed by atoms with Gasteiger partial charge in [0.2, 0.25) is 0 Å². The van der Waals surface area contributed by atoms with Crippen LogP contribution in [0.3, 0.4) is 0 Å². The van der Waals surface area contributed by atoms with Gasteiger partial charge in [0.15, 0.2) is 0 Å². The zero-order valence-electron chi connectivity index (χ0n) is 10.8. The van der Waals surface area contributed by atoms with Gasteiger partial charge < -0.3 is 5.11 Å². The minimum Gasteiger partial charge on any atom is -0.507 e. The first-order chi connectivity index (χ1) is 7.35. The Morgan fingerprint density at radius 3 is 2.31 bits per heavy atom. The summed E-state index contributed by atoms with van der Waals surface area (Å²) in [6.45, 7) is 10.6. The molecule has 0 fully saturated rings. The molecule has 0 unspecified atom stereocenters. The summed E-state index contributed by atoms with van der Waals surface area (Å²) in [5.74, 6) is 0.465. The van der Waals surface area contributed by atoms with Crippen molar-refractivity contribution in [3.8, 4) is 5.75 Å². The average molecular weight is 285 g/mol. The number of phenolic OH excluding ortho intramolecular Hbond substituents is 1. The van der Waals surface area contributed by atoms with E-state index >= 15 is 0 Å². The van der Waals surface area contributed by atoms with Crippen LogP contribution < -0.4 is 0 Å². The van der Waals surface area contributed by atoms with Crippen molar-refractivity contribution in [2.45, 2.75) is 51.8 Å². The molecule has 1 nitrogen and oxygen atoms in total. The Morgan fingerprint density at radius 1 is 1.31 bits per heavy atom. The lowest BCUT2D eigenvalue weighted by Crippen LogP contribution is -2.17. The van der Waals surface area contributed by atoms with Gasteiger partial charge in [-0.15, -0.1) is 0 Å². The second-order valence-corrected chi connectivity index (χ2v) is 5.62. The Morgan fingerprint density at radius 2 is 1.88 bits per heavy atom. The second kappa shape index (κ2) is 4.79. The van der Waals surface area contributed by atoms with Crippen LogP contribution in [0.15, 0.2) is 6.07 Å². The molecular weight excluding hydrogens is 264 g/mol. The maximum absolute atomic E-state index is 10.3. The maximum Gasteiger partial charge on any atom is 0.122 e. The fourth-order valence-electron chi connectivity index (χ4n) is 1.92. The quantitative estimate of drug-likeness (QED) is 0.805. The molecule has 0 atom stereocenters.